The number of fused-ring (bicyclic) bond motifs is 1. The lowest BCUT2D eigenvalue weighted by atomic mass is 9.93. The SMILES string of the molecule is Cc1c(C(=O)c2ccc(Cl)cc2)c2ccc(OC(F)(F)F)cc2n1Cc1ccc(Cl)c([C@@]2(C)OC(=O)NC2=O)c1. The van der Waals surface area contributed by atoms with Gasteiger partial charge in [-0.2, -0.15) is 0 Å². The number of hydrogen-bond donors (Lipinski definition) is 1. The zero-order chi connectivity index (χ0) is 29.0. The number of ketones is 1. The normalized spacial score (nSPS) is 17.2. The number of halogens is 5. The van der Waals surface area contributed by atoms with Gasteiger partial charge in [-0.3, -0.25) is 14.9 Å². The molecular weight excluding hydrogens is 572 g/mol. The number of amides is 2. The molecule has 4 aromatic rings. The molecule has 1 N–H and O–H groups in total. The van der Waals surface area contributed by atoms with E-state index in [0.717, 1.165) is 6.07 Å². The van der Waals surface area contributed by atoms with E-state index in [1.54, 1.807) is 47.9 Å². The second-order valence-electron chi connectivity index (χ2n) is 9.30. The van der Waals surface area contributed by atoms with Crippen LogP contribution in [-0.4, -0.2) is 28.7 Å². The second kappa shape index (κ2) is 9.87. The summed E-state index contributed by atoms with van der Waals surface area (Å²) in [4.78, 5) is 37.8. The average Bonchev–Trinajstić information content (AvgIpc) is 3.30. The molecule has 1 aliphatic heterocycles. The molecule has 0 aliphatic carbocycles. The molecule has 3 aromatic carbocycles. The molecule has 0 saturated carbocycles. The maximum absolute atomic E-state index is 13.6. The van der Waals surface area contributed by atoms with Crippen molar-refractivity contribution in [3.05, 3.63) is 98.7 Å². The van der Waals surface area contributed by atoms with E-state index in [1.807, 2.05) is 0 Å². The van der Waals surface area contributed by atoms with Crippen LogP contribution in [0.2, 0.25) is 10.0 Å². The van der Waals surface area contributed by atoms with Crippen molar-refractivity contribution in [1.82, 2.24) is 9.88 Å². The molecule has 1 fully saturated rings. The van der Waals surface area contributed by atoms with Crippen LogP contribution in [0.15, 0.2) is 60.7 Å². The maximum atomic E-state index is 13.6. The van der Waals surface area contributed by atoms with Crippen LogP contribution < -0.4 is 10.1 Å². The third-order valence-corrected chi connectivity index (χ3v) is 7.28. The van der Waals surface area contributed by atoms with Crippen molar-refractivity contribution in [3.8, 4) is 5.75 Å². The lowest BCUT2D eigenvalue weighted by Gasteiger charge is -2.22. The number of hydrogen-bond acceptors (Lipinski definition) is 5. The molecule has 0 bridgehead atoms. The van der Waals surface area contributed by atoms with Crippen molar-refractivity contribution in [2.24, 2.45) is 0 Å². The molecule has 7 nitrogen and oxygen atoms in total. The Labute approximate surface area is 235 Å². The van der Waals surface area contributed by atoms with Gasteiger partial charge in [0.15, 0.2) is 5.78 Å². The highest BCUT2D eigenvalue weighted by Crippen LogP contribution is 2.37. The van der Waals surface area contributed by atoms with Gasteiger partial charge < -0.3 is 14.0 Å². The molecule has 12 heteroatoms. The number of carbonyl (C=O) groups is 3. The fourth-order valence-corrected chi connectivity index (χ4v) is 5.18. The van der Waals surface area contributed by atoms with E-state index >= 15 is 0 Å². The summed E-state index contributed by atoms with van der Waals surface area (Å²) in [5.74, 6) is -1.49. The highest BCUT2D eigenvalue weighted by atomic mass is 35.5. The largest absolute Gasteiger partial charge is 0.573 e. The Bertz CT molecular complexity index is 1700. The monoisotopic (exact) mass is 590 g/mol. The lowest BCUT2D eigenvalue weighted by molar-refractivity contribution is -0.274. The van der Waals surface area contributed by atoms with Crippen LogP contribution in [-0.2, 0) is 21.7 Å². The molecule has 5 rings (SSSR count). The number of nitrogens with one attached hydrogen (secondary N) is 1. The van der Waals surface area contributed by atoms with Crippen molar-refractivity contribution in [2.75, 3.05) is 0 Å². The molecule has 40 heavy (non-hydrogen) atoms. The Morgan fingerprint density at radius 1 is 1.05 bits per heavy atom. The van der Waals surface area contributed by atoms with Crippen LogP contribution in [0.1, 0.15) is 39.7 Å². The molecule has 2 heterocycles. The standard InChI is InChI=1S/C28H19Cl2F3N2O5/c1-14-23(24(36)16-4-6-17(29)7-5-16)19-9-8-18(39-28(31,32)33)12-22(19)35(14)13-15-3-10-21(30)20(11-15)27(2)25(37)34-26(38)40-27/h3-12H,13H2,1-2H3,(H,34,37,38)/t27-/m1/s1. The predicted molar refractivity (Wildman–Crippen MR) is 141 cm³/mol. The van der Waals surface area contributed by atoms with Gasteiger partial charge in [-0.25, -0.2) is 4.79 Å². The molecule has 0 spiro atoms. The number of carbonyl (C=O) groups excluding carboxylic acids is 3. The fraction of sp³-hybridized carbons (Fsp3) is 0.179. The first-order valence-corrected chi connectivity index (χ1v) is 12.5. The molecular formula is C28H19Cl2F3N2O5. The molecule has 0 unspecified atom stereocenters. The number of cyclic esters (lactones) is 1. The highest BCUT2D eigenvalue weighted by Gasteiger charge is 2.47. The zero-order valence-electron chi connectivity index (χ0n) is 20.9. The van der Waals surface area contributed by atoms with Crippen molar-refractivity contribution in [1.29, 1.82) is 0 Å². The quantitative estimate of drug-likeness (QED) is 0.246. The van der Waals surface area contributed by atoms with E-state index in [9.17, 15) is 27.6 Å². The average molecular weight is 591 g/mol. The van der Waals surface area contributed by atoms with Crippen molar-refractivity contribution in [2.45, 2.75) is 32.4 Å². The summed E-state index contributed by atoms with van der Waals surface area (Å²) in [6.45, 7) is 3.15. The van der Waals surface area contributed by atoms with Crippen LogP contribution in [0.5, 0.6) is 5.75 Å². The summed E-state index contributed by atoms with van der Waals surface area (Å²) in [5, 5.41) is 3.11. The number of ether oxygens (including phenoxy) is 2. The highest BCUT2D eigenvalue weighted by molar-refractivity contribution is 6.32. The van der Waals surface area contributed by atoms with Gasteiger partial charge in [0.1, 0.15) is 5.75 Å². The van der Waals surface area contributed by atoms with Crippen molar-refractivity contribution in [3.63, 3.8) is 0 Å². The van der Waals surface area contributed by atoms with Gasteiger partial charge in [-0.05, 0) is 67.9 Å². The molecule has 1 aromatic heterocycles. The third kappa shape index (κ3) is 5.00. The topological polar surface area (TPSA) is 86.6 Å². The summed E-state index contributed by atoms with van der Waals surface area (Å²) < 4.78 is 50.0. The summed E-state index contributed by atoms with van der Waals surface area (Å²) in [6, 6.07) is 14.8. The first-order valence-electron chi connectivity index (χ1n) is 11.8. The van der Waals surface area contributed by atoms with Gasteiger partial charge in [0.2, 0.25) is 5.60 Å². The third-order valence-electron chi connectivity index (χ3n) is 6.69. The minimum atomic E-state index is -4.91. The number of alkyl carbamates (subject to hydrolysis) is 1. The second-order valence-corrected chi connectivity index (χ2v) is 10.1. The lowest BCUT2D eigenvalue weighted by Crippen LogP contribution is -2.33. The number of nitrogens with zero attached hydrogens (tertiary/aromatic N) is 1. The first kappa shape index (κ1) is 27.5. The summed E-state index contributed by atoms with van der Waals surface area (Å²) >= 11 is 12.3. The number of benzene rings is 3. The van der Waals surface area contributed by atoms with Gasteiger partial charge >= 0.3 is 12.5 Å². The zero-order valence-corrected chi connectivity index (χ0v) is 22.4. The molecule has 1 aliphatic rings. The Kier molecular flexibility index (Phi) is 6.79. The first-order chi connectivity index (χ1) is 18.8. The molecule has 0 radical (unpaired) electrons. The van der Waals surface area contributed by atoms with E-state index < -0.39 is 29.7 Å². The van der Waals surface area contributed by atoms with Gasteiger partial charge in [-0.1, -0.05) is 29.3 Å². The minimum Gasteiger partial charge on any atom is -0.428 e. The van der Waals surface area contributed by atoms with Gasteiger partial charge in [0, 0.05) is 44.9 Å². The van der Waals surface area contributed by atoms with Crippen molar-refractivity contribution < 1.29 is 37.0 Å². The Morgan fingerprint density at radius 3 is 2.38 bits per heavy atom. The van der Waals surface area contributed by atoms with E-state index in [4.69, 9.17) is 27.9 Å². The molecule has 2 amide bonds. The van der Waals surface area contributed by atoms with Crippen LogP contribution >= 0.6 is 23.2 Å². The van der Waals surface area contributed by atoms with E-state index in [-0.39, 0.29) is 22.9 Å². The smallest absolute Gasteiger partial charge is 0.428 e. The van der Waals surface area contributed by atoms with E-state index in [0.29, 0.717) is 38.3 Å². The molecule has 206 valence electrons. The summed E-state index contributed by atoms with van der Waals surface area (Å²) in [7, 11) is 0. The minimum absolute atomic E-state index is 0.0709. The van der Waals surface area contributed by atoms with Crippen LogP contribution in [0.4, 0.5) is 18.0 Å². The summed E-state index contributed by atoms with van der Waals surface area (Å²) in [6.07, 6.45) is -5.83. The van der Waals surface area contributed by atoms with Gasteiger partial charge in [0.25, 0.3) is 5.91 Å². The Balaban J connectivity index is 1.64. The van der Waals surface area contributed by atoms with Gasteiger partial charge in [0.05, 0.1) is 11.1 Å². The van der Waals surface area contributed by atoms with Crippen LogP contribution in [0, 0.1) is 6.92 Å². The number of alkyl halides is 3. The van der Waals surface area contributed by atoms with Gasteiger partial charge in [-0.15, -0.1) is 13.2 Å². The number of rotatable bonds is 6. The maximum Gasteiger partial charge on any atom is 0.573 e. The summed E-state index contributed by atoms with van der Waals surface area (Å²) in [5.41, 5.74) is 0.545. The van der Waals surface area contributed by atoms with E-state index in [1.165, 1.54) is 25.1 Å². The predicted octanol–water partition coefficient (Wildman–Crippen LogP) is 6.92. The van der Waals surface area contributed by atoms with Crippen molar-refractivity contribution >= 4 is 51.9 Å². The Morgan fingerprint density at radius 2 is 1.75 bits per heavy atom. The fourth-order valence-electron chi connectivity index (χ4n) is 4.76. The Hall–Kier alpha value is -4.02. The molecule has 1 saturated heterocycles. The van der Waals surface area contributed by atoms with Crippen LogP contribution in [0.25, 0.3) is 10.9 Å². The van der Waals surface area contributed by atoms with Crippen LogP contribution in [0.3, 0.4) is 0 Å². The number of imide groups is 1. The molecule has 1 atom stereocenters. The number of aromatic nitrogens is 1. The van der Waals surface area contributed by atoms with E-state index in [2.05, 4.69) is 10.1 Å².